The van der Waals surface area contributed by atoms with Gasteiger partial charge in [-0.3, -0.25) is 19.1 Å². The summed E-state index contributed by atoms with van der Waals surface area (Å²) in [7, 11) is 1.39. The standard InChI is InChI=1S/C33H47N3O9/c1-4-5-6-7-8-9-10-11-12-22-13-15-23(16-14-22)34-31(40)25-19-24(37)20-27(44-25)43-21(2)29-30(42-3)28(39)32(45-29)36-18-17-26(38)35-33(36)41/h13-19,21,24,27-30,32,37,39H,4-12,20H2,1-3H3,(H,34,40)(H,35,38,41)/t21-,24-,27-,28+,29+,30-,32+/m0/s1. The first kappa shape index (κ1) is 34.6. The van der Waals surface area contributed by atoms with Gasteiger partial charge in [0.25, 0.3) is 11.5 Å². The number of rotatable bonds is 16. The first-order valence-corrected chi connectivity index (χ1v) is 16.0. The van der Waals surface area contributed by atoms with Crippen LogP contribution in [0.1, 0.15) is 83.4 Å². The molecule has 2 aromatic rings. The Morgan fingerprint density at radius 3 is 2.42 bits per heavy atom. The molecule has 1 aromatic heterocycles. The number of benzene rings is 1. The van der Waals surface area contributed by atoms with Gasteiger partial charge in [-0.15, -0.1) is 0 Å². The SMILES string of the molecule is CCCCCCCCCCc1ccc(NC(=O)C2=C[C@H](O)C[C@@H](O[C@@H](C)[C@H]3O[C@@H](n4ccc(=O)[nH]c4=O)[C@H](O)[C@@H]3OC)O2)cc1. The van der Waals surface area contributed by atoms with Crippen molar-refractivity contribution in [3.05, 3.63) is 74.8 Å². The smallest absolute Gasteiger partial charge is 0.330 e. The van der Waals surface area contributed by atoms with Gasteiger partial charge in [0.15, 0.2) is 12.0 Å². The molecule has 45 heavy (non-hydrogen) atoms. The summed E-state index contributed by atoms with van der Waals surface area (Å²) in [6, 6.07) is 8.87. The molecule has 12 heteroatoms. The van der Waals surface area contributed by atoms with Gasteiger partial charge in [-0.05, 0) is 43.5 Å². The van der Waals surface area contributed by atoms with E-state index in [9.17, 15) is 24.6 Å². The van der Waals surface area contributed by atoms with Gasteiger partial charge in [0, 0.05) is 31.5 Å². The summed E-state index contributed by atoms with van der Waals surface area (Å²) in [6.07, 6.45) is 6.94. The molecule has 7 atom stereocenters. The number of aromatic nitrogens is 2. The van der Waals surface area contributed by atoms with Crippen LogP contribution < -0.4 is 16.6 Å². The van der Waals surface area contributed by atoms with Gasteiger partial charge in [-0.1, -0.05) is 64.0 Å². The minimum absolute atomic E-state index is 0.0598. The molecule has 248 valence electrons. The number of aryl methyl sites for hydroxylation is 1. The molecule has 0 saturated carbocycles. The van der Waals surface area contributed by atoms with E-state index in [2.05, 4.69) is 17.2 Å². The Balaban J connectivity index is 1.27. The molecule has 2 aliphatic rings. The Bertz CT molecular complexity index is 1370. The van der Waals surface area contributed by atoms with Crippen LogP contribution in [0.2, 0.25) is 0 Å². The number of ether oxygens (including phenoxy) is 4. The topological polar surface area (TPSA) is 161 Å². The molecular weight excluding hydrogens is 582 g/mol. The molecule has 4 N–H and O–H groups in total. The number of anilines is 1. The van der Waals surface area contributed by atoms with Crippen LogP contribution in [0, 0.1) is 0 Å². The highest BCUT2D eigenvalue weighted by molar-refractivity contribution is 6.02. The lowest BCUT2D eigenvalue weighted by Crippen LogP contribution is -2.43. The number of hydrogen-bond donors (Lipinski definition) is 4. The molecule has 4 rings (SSSR count). The summed E-state index contributed by atoms with van der Waals surface area (Å²) in [6.45, 7) is 3.90. The second kappa shape index (κ2) is 16.9. The van der Waals surface area contributed by atoms with Crippen LogP contribution in [0.4, 0.5) is 5.69 Å². The van der Waals surface area contributed by atoms with Crippen LogP contribution in [-0.2, 0) is 30.2 Å². The number of aromatic amines is 1. The maximum atomic E-state index is 13.0. The highest BCUT2D eigenvalue weighted by Crippen LogP contribution is 2.34. The minimum atomic E-state index is -1.25. The van der Waals surface area contributed by atoms with Crippen molar-refractivity contribution in [3.63, 3.8) is 0 Å². The van der Waals surface area contributed by atoms with Crippen molar-refractivity contribution >= 4 is 11.6 Å². The molecule has 1 saturated heterocycles. The third-order valence-electron chi connectivity index (χ3n) is 8.27. The summed E-state index contributed by atoms with van der Waals surface area (Å²) < 4.78 is 24.3. The molecule has 0 bridgehead atoms. The quantitative estimate of drug-likeness (QED) is 0.204. The van der Waals surface area contributed by atoms with Gasteiger partial charge in [-0.2, -0.15) is 0 Å². The maximum Gasteiger partial charge on any atom is 0.330 e. The molecule has 0 aliphatic carbocycles. The minimum Gasteiger partial charge on any atom is -0.459 e. The first-order valence-electron chi connectivity index (χ1n) is 16.0. The van der Waals surface area contributed by atoms with E-state index in [4.69, 9.17) is 18.9 Å². The van der Waals surface area contributed by atoms with Crippen molar-refractivity contribution in [2.75, 3.05) is 12.4 Å². The van der Waals surface area contributed by atoms with Gasteiger partial charge in [0.2, 0.25) is 6.29 Å². The Morgan fingerprint density at radius 2 is 1.76 bits per heavy atom. The van der Waals surface area contributed by atoms with E-state index in [1.165, 1.54) is 69.9 Å². The highest BCUT2D eigenvalue weighted by Gasteiger charge is 2.48. The van der Waals surface area contributed by atoms with Crippen LogP contribution >= 0.6 is 0 Å². The molecule has 0 unspecified atom stereocenters. The lowest BCUT2D eigenvalue weighted by Gasteiger charge is -2.32. The largest absolute Gasteiger partial charge is 0.459 e. The average Bonchev–Trinajstić information content (AvgIpc) is 3.34. The first-order chi connectivity index (χ1) is 21.7. The number of aliphatic hydroxyl groups is 2. The molecule has 1 fully saturated rings. The zero-order valence-corrected chi connectivity index (χ0v) is 26.4. The number of unbranched alkanes of at least 4 members (excludes halogenated alkanes) is 7. The predicted octanol–water partition coefficient (Wildman–Crippen LogP) is 3.53. The van der Waals surface area contributed by atoms with E-state index >= 15 is 0 Å². The second-order valence-electron chi connectivity index (χ2n) is 11.8. The third-order valence-corrected chi connectivity index (χ3v) is 8.27. The number of hydrogen-bond acceptors (Lipinski definition) is 9. The van der Waals surface area contributed by atoms with Crippen molar-refractivity contribution in [1.29, 1.82) is 0 Å². The lowest BCUT2D eigenvalue weighted by atomic mass is 10.0. The molecule has 0 spiro atoms. The lowest BCUT2D eigenvalue weighted by molar-refractivity contribution is -0.202. The van der Waals surface area contributed by atoms with E-state index in [0.29, 0.717) is 5.69 Å². The van der Waals surface area contributed by atoms with Crippen LogP contribution in [-0.4, -0.2) is 69.6 Å². The monoisotopic (exact) mass is 629 g/mol. The van der Waals surface area contributed by atoms with Gasteiger partial charge in [0.05, 0.1) is 12.2 Å². The van der Waals surface area contributed by atoms with Crippen molar-refractivity contribution in [3.8, 4) is 0 Å². The maximum absolute atomic E-state index is 13.0. The fourth-order valence-electron chi connectivity index (χ4n) is 5.79. The summed E-state index contributed by atoms with van der Waals surface area (Å²) in [4.78, 5) is 38.9. The molecule has 3 heterocycles. The van der Waals surface area contributed by atoms with Crippen molar-refractivity contribution in [2.24, 2.45) is 0 Å². The van der Waals surface area contributed by atoms with E-state index < -0.39 is 60.2 Å². The van der Waals surface area contributed by atoms with E-state index in [1.807, 2.05) is 24.3 Å². The number of carbonyl (C=O) groups is 1. The van der Waals surface area contributed by atoms with Crippen molar-refractivity contribution in [1.82, 2.24) is 9.55 Å². The summed E-state index contributed by atoms with van der Waals surface area (Å²) in [5.74, 6) is -0.604. The Labute approximate surface area is 263 Å². The second-order valence-corrected chi connectivity index (χ2v) is 11.8. The van der Waals surface area contributed by atoms with Crippen LogP contribution in [0.5, 0.6) is 0 Å². The van der Waals surface area contributed by atoms with E-state index in [-0.39, 0.29) is 12.2 Å². The normalized spacial score (nSPS) is 25.4. The van der Waals surface area contributed by atoms with E-state index in [1.54, 1.807) is 6.92 Å². The van der Waals surface area contributed by atoms with Gasteiger partial charge in [0.1, 0.15) is 18.3 Å². The fourth-order valence-corrected chi connectivity index (χ4v) is 5.79. The fraction of sp³-hybridized carbons (Fsp3) is 0.606. The van der Waals surface area contributed by atoms with Crippen molar-refractivity contribution in [2.45, 2.75) is 121 Å². The Morgan fingerprint density at radius 1 is 1.07 bits per heavy atom. The van der Waals surface area contributed by atoms with Gasteiger partial charge in [-0.25, -0.2) is 4.79 Å². The summed E-state index contributed by atoms with van der Waals surface area (Å²) in [5, 5.41) is 24.1. The number of nitrogens with one attached hydrogen (secondary N) is 2. The highest BCUT2D eigenvalue weighted by atomic mass is 16.7. The number of nitrogens with zero attached hydrogens (tertiary/aromatic N) is 1. The van der Waals surface area contributed by atoms with Crippen LogP contribution in [0.15, 0.2) is 58.0 Å². The Hall–Kier alpha value is -3.29. The number of methoxy groups -OCH3 is 1. The number of carbonyl (C=O) groups excluding carboxylic acids is 1. The predicted molar refractivity (Wildman–Crippen MR) is 168 cm³/mol. The summed E-state index contributed by atoms with van der Waals surface area (Å²) in [5.41, 5.74) is 0.502. The number of amides is 1. The molecule has 1 amide bonds. The number of H-pyrrole nitrogens is 1. The Kier molecular flexibility index (Phi) is 13.0. The zero-order valence-electron chi connectivity index (χ0n) is 26.4. The summed E-state index contributed by atoms with van der Waals surface area (Å²) >= 11 is 0. The van der Waals surface area contributed by atoms with Gasteiger partial charge >= 0.3 is 5.69 Å². The number of aliphatic hydroxyl groups excluding tert-OH is 2. The van der Waals surface area contributed by atoms with Crippen LogP contribution in [0.25, 0.3) is 0 Å². The van der Waals surface area contributed by atoms with Crippen molar-refractivity contribution < 1.29 is 34.0 Å². The zero-order chi connectivity index (χ0) is 32.3. The van der Waals surface area contributed by atoms with Gasteiger partial charge < -0.3 is 34.5 Å². The molecule has 0 radical (unpaired) electrons. The average molecular weight is 630 g/mol. The third kappa shape index (κ3) is 9.60. The molecule has 1 aromatic carbocycles. The van der Waals surface area contributed by atoms with E-state index in [0.717, 1.165) is 23.5 Å². The van der Waals surface area contributed by atoms with Crippen LogP contribution in [0.3, 0.4) is 0 Å². The molecular formula is C33H47N3O9. The molecule has 2 aliphatic heterocycles. The molecule has 12 nitrogen and oxygen atoms in total.